The summed E-state index contributed by atoms with van der Waals surface area (Å²) in [5.41, 5.74) is 5.31. The highest BCUT2D eigenvalue weighted by Gasteiger charge is 2.51. The first-order valence-corrected chi connectivity index (χ1v) is 20.8. The molecule has 60 heavy (non-hydrogen) atoms. The molecule has 10 rings (SSSR count). The molecule has 5 amide bonds. The lowest BCUT2D eigenvalue weighted by Gasteiger charge is -2.52. The number of benzene rings is 1. The molecule has 4 fully saturated rings. The van der Waals surface area contributed by atoms with Gasteiger partial charge in [0.1, 0.15) is 17.1 Å². The molecule has 4 N–H and O–H groups in total. The minimum absolute atomic E-state index is 0.0377. The quantitative estimate of drug-likeness (QED) is 0.0966. The largest absolute Gasteiger partial charge is 0.387 e. The van der Waals surface area contributed by atoms with Crippen LogP contribution in [0.15, 0.2) is 54.9 Å². The van der Waals surface area contributed by atoms with Crippen LogP contribution in [-0.2, 0) is 24.5 Å². The normalized spacial score (nSPS) is 22.1. The Morgan fingerprint density at radius 3 is 2.53 bits per heavy atom. The molecule has 5 aromatic rings. The number of fused-ring (bicyclic) bond motifs is 5. The number of hydrogen-bond donors (Lipinski definition) is 4. The lowest BCUT2D eigenvalue weighted by molar-refractivity contribution is -0.136. The van der Waals surface area contributed by atoms with Crippen LogP contribution < -0.4 is 21.3 Å². The third-order valence-corrected chi connectivity index (χ3v) is 13.5. The summed E-state index contributed by atoms with van der Waals surface area (Å²) in [6.07, 6.45) is 9.10. The van der Waals surface area contributed by atoms with Crippen LogP contribution in [0.4, 0.5) is 11.4 Å². The fraction of sp³-hybridized carbons (Fsp3) is 0.381. The number of hydrogen-bond acceptors (Lipinski definition) is 14. The second kappa shape index (κ2) is 15.5. The van der Waals surface area contributed by atoms with Gasteiger partial charge in [-0.05, 0) is 87.4 Å². The Labute approximate surface area is 347 Å². The zero-order chi connectivity index (χ0) is 41.6. The standard InChI is InChI=1S/C42H41N11O6S/c1-44-30-20-31(32-5-3-26-18-24(21-43)22-47-53(26)32)46-23-29(30)37-50-51-40(60-37)41-9-12-42(13-10-41,14-11-41)49-35(55)8-16-59-17-15-45-25-2-4-27-28(19-25)39(58)52(38(27)57)33-6-7-34(54)48-36(33)56/h2-5,18-20,22-23,33,45H,6-17H2,1H3,(H,44,46)(H,49,55)(H,48,54,56). The van der Waals surface area contributed by atoms with Crippen molar-refractivity contribution in [1.82, 2.24) is 40.3 Å². The van der Waals surface area contributed by atoms with E-state index in [9.17, 15) is 29.2 Å². The molecule has 3 saturated carbocycles. The van der Waals surface area contributed by atoms with E-state index in [0.29, 0.717) is 24.4 Å². The highest BCUT2D eigenvalue weighted by atomic mass is 32.1. The van der Waals surface area contributed by atoms with Crippen LogP contribution >= 0.6 is 11.3 Å². The van der Waals surface area contributed by atoms with Gasteiger partial charge in [0.05, 0.1) is 58.6 Å². The maximum atomic E-state index is 13.1. The van der Waals surface area contributed by atoms with Crippen LogP contribution in [0.1, 0.15) is 89.1 Å². The summed E-state index contributed by atoms with van der Waals surface area (Å²) in [6.45, 7) is 0.983. The smallest absolute Gasteiger partial charge is 0.262 e. The summed E-state index contributed by atoms with van der Waals surface area (Å²) in [6, 6.07) is 13.6. The Morgan fingerprint density at radius 2 is 1.77 bits per heavy atom. The molecule has 2 aliphatic heterocycles. The average Bonchev–Trinajstić information content (AvgIpc) is 3.99. The van der Waals surface area contributed by atoms with Crippen molar-refractivity contribution in [1.29, 1.82) is 5.26 Å². The molecule has 306 valence electrons. The molecule has 0 spiro atoms. The zero-order valence-corrected chi connectivity index (χ0v) is 33.6. The van der Waals surface area contributed by atoms with E-state index in [2.05, 4.69) is 37.5 Å². The minimum atomic E-state index is -1.02. The number of nitrogens with zero attached hydrogens (tertiary/aromatic N) is 7. The van der Waals surface area contributed by atoms with Crippen LogP contribution in [0, 0.1) is 11.3 Å². The van der Waals surface area contributed by atoms with Crippen LogP contribution in [-0.4, -0.2) is 97.6 Å². The predicted octanol–water partition coefficient (Wildman–Crippen LogP) is 4.21. The van der Waals surface area contributed by atoms with Crippen molar-refractivity contribution in [2.75, 3.05) is 37.4 Å². The number of pyridine rings is 1. The number of ether oxygens (including phenoxy) is 1. The van der Waals surface area contributed by atoms with Crippen molar-refractivity contribution in [2.24, 2.45) is 0 Å². The van der Waals surface area contributed by atoms with E-state index in [-0.39, 0.29) is 53.9 Å². The van der Waals surface area contributed by atoms with E-state index in [4.69, 9.17) is 14.8 Å². The Morgan fingerprint density at radius 1 is 0.967 bits per heavy atom. The zero-order valence-electron chi connectivity index (χ0n) is 32.7. The molecule has 18 heteroatoms. The first kappa shape index (κ1) is 38.9. The molecule has 1 atom stereocenters. The number of nitriles is 1. The maximum absolute atomic E-state index is 13.1. The molecule has 4 aromatic heterocycles. The molecule has 3 aliphatic carbocycles. The molecule has 2 bridgehead atoms. The topological polar surface area (TPSA) is 226 Å². The molecule has 0 radical (unpaired) electrons. The second-order valence-corrected chi connectivity index (χ2v) is 16.8. The molecule has 5 aliphatic rings. The fourth-order valence-corrected chi connectivity index (χ4v) is 10.1. The number of amides is 5. The number of anilines is 2. The van der Waals surface area contributed by atoms with Gasteiger partial charge in [-0.1, -0.05) is 11.3 Å². The summed E-state index contributed by atoms with van der Waals surface area (Å²) in [5.74, 6) is -2.22. The minimum Gasteiger partial charge on any atom is -0.387 e. The lowest BCUT2D eigenvalue weighted by Crippen LogP contribution is -2.57. The Hall–Kier alpha value is -6.58. The first-order valence-electron chi connectivity index (χ1n) is 20.0. The number of piperidine rings is 1. The van der Waals surface area contributed by atoms with Gasteiger partial charge in [0, 0.05) is 55.0 Å². The molecule has 1 saturated heterocycles. The van der Waals surface area contributed by atoms with E-state index in [1.165, 1.54) is 0 Å². The summed E-state index contributed by atoms with van der Waals surface area (Å²) in [7, 11) is 1.87. The highest BCUT2D eigenvalue weighted by Crippen LogP contribution is 2.54. The van der Waals surface area contributed by atoms with Gasteiger partial charge in [0.15, 0.2) is 5.01 Å². The van der Waals surface area contributed by atoms with Crippen LogP contribution in [0.3, 0.4) is 0 Å². The molecular formula is C42H41N11O6S. The summed E-state index contributed by atoms with van der Waals surface area (Å²) < 4.78 is 7.53. The van der Waals surface area contributed by atoms with Crippen LogP contribution in [0.2, 0.25) is 0 Å². The van der Waals surface area contributed by atoms with E-state index in [0.717, 1.165) is 81.6 Å². The number of aromatic nitrogens is 5. The summed E-state index contributed by atoms with van der Waals surface area (Å²) in [4.78, 5) is 68.8. The van der Waals surface area contributed by atoms with Gasteiger partial charge in [-0.15, -0.1) is 10.2 Å². The molecule has 1 unspecified atom stereocenters. The van der Waals surface area contributed by atoms with E-state index in [1.54, 1.807) is 46.3 Å². The highest BCUT2D eigenvalue weighted by molar-refractivity contribution is 7.14. The van der Waals surface area contributed by atoms with Gasteiger partial charge in [0.25, 0.3) is 11.8 Å². The Bertz CT molecular complexity index is 2610. The fourth-order valence-electron chi connectivity index (χ4n) is 8.94. The monoisotopic (exact) mass is 827 g/mol. The molecule has 17 nitrogen and oxygen atoms in total. The number of nitrogens with one attached hydrogen (secondary N) is 4. The lowest BCUT2D eigenvalue weighted by atomic mass is 9.57. The molecule has 1 aromatic carbocycles. The van der Waals surface area contributed by atoms with Crippen molar-refractivity contribution >= 4 is 57.8 Å². The third-order valence-electron chi connectivity index (χ3n) is 12.3. The molecule has 6 heterocycles. The van der Waals surface area contributed by atoms with Gasteiger partial charge < -0.3 is 20.7 Å². The van der Waals surface area contributed by atoms with Gasteiger partial charge >= 0.3 is 0 Å². The van der Waals surface area contributed by atoms with Gasteiger partial charge in [-0.2, -0.15) is 10.4 Å². The Balaban J connectivity index is 0.737. The maximum Gasteiger partial charge on any atom is 0.262 e. The molecular weight excluding hydrogens is 787 g/mol. The van der Waals surface area contributed by atoms with Gasteiger partial charge in [-0.25, -0.2) is 4.52 Å². The van der Waals surface area contributed by atoms with Gasteiger partial charge in [-0.3, -0.25) is 39.2 Å². The van der Waals surface area contributed by atoms with Crippen molar-refractivity contribution < 1.29 is 28.7 Å². The average molecular weight is 828 g/mol. The van der Waals surface area contributed by atoms with Crippen molar-refractivity contribution in [2.45, 2.75) is 74.8 Å². The Kier molecular flexibility index (Phi) is 10.1. The van der Waals surface area contributed by atoms with E-state index >= 15 is 0 Å². The SMILES string of the molecule is CNc1cc(-c2ccc3cc(C#N)cnn23)ncc1-c1nnc(C23CCC(NC(=O)CCOCCNc4ccc5c(c4)C(=O)N(C4CCC(=O)NC4=O)C5=O)(CC2)CC3)s1. The van der Waals surface area contributed by atoms with E-state index < -0.39 is 29.7 Å². The summed E-state index contributed by atoms with van der Waals surface area (Å²) >= 11 is 1.61. The van der Waals surface area contributed by atoms with Crippen molar-refractivity contribution in [3.8, 4) is 28.0 Å². The number of rotatable bonds is 13. The van der Waals surface area contributed by atoms with Crippen molar-refractivity contribution in [3.63, 3.8) is 0 Å². The predicted molar refractivity (Wildman–Crippen MR) is 219 cm³/mol. The second-order valence-electron chi connectivity index (χ2n) is 15.8. The van der Waals surface area contributed by atoms with Crippen LogP contribution in [0.5, 0.6) is 0 Å². The number of carbonyl (C=O) groups is 5. The third kappa shape index (κ3) is 7.02. The first-order chi connectivity index (χ1) is 29.1. The van der Waals surface area contributed by atoms with E-state index in [1.807, 2.05) is 31.4 Å². The summed E-state index contributed by atoms with van der Waals surface area (Å²) in [5, 5.41) is 36.9. The number of imide groups is 2. The van der Waals surface area contributed by atoms with Crippen molar-refractivity contribution in [3.05, 3.63) is 76.6 Å². The van der Waals surface area contributed by atoms with Crippen LogP contribution in [0.25, 0.3) is 27.5 Å². The number of carbonyl (C=O) groups excluding carboxylic acids is 5. The van der Waals surface area contributed by atoms with Gasteiger partial charge in [0.2, 0.25) is 17.7 Å².